The van der Waals surface area contributed by atoms with Crippen LogP contribution in [-0.2, 0) is 14.8 Å². The Labute approximate surface area is 161 Å². The van der Waals surface area contributed by atoms with Gasteiger partial charge in [-0.3, -0.25) is 4.79 Å². The fraction of sp³-hybridized carbons (Fsp3) is 0.278. The molecule has 0 aliphatic carbocycles. The van der Waals surface area contributed by atoms with E-state index in [1.165, 1.54) is 30.4 Å². The van der Waals surface area contributed by atoms with E-state index in [4.69, 9.17) is 4.74 Å². The molecule has 0 fully saturated rings. The van der Waals surface area contributed by atoms with Gasteiger partial charge in [0.1, 0.15) is 6.61 Å². The van der Waals surface area contributed by atoms with Gasteiger partial charge in [0.05, 0.1) is 4.90 Å². The van der Waals surface area contributed by atoms with E-state index in [1.54, 1.807) is 18.2 Å². The number of hydrogen-bond acceptors (Lipinski definition) is 5. The SMILES string of the molecule is CC(=O)COc1c(F)cc(SCCN([11CH3])S(=O)(=O)c2ccccc2)cc1F. The Kier molecular flexibility index (Phi) is 7.34. The number of sulfonamides is 1. The molecule has 0 aliphatic rings. The highest BCUT2D eigenvalue weighted by molar-refractivity contribution is 7.99. The fourth-order valence-corrected chi connectivity index (χ4v) is 4.40. The second-order valence-electron chi connectivity index (χ2n) is 5.69. The standard InChI is InChI=1S/C18H19F2NO4S2/c1-13(22)12-25-18-16(19)10-14(11-17(18)20)26-9-8-21(2)27(23,24)15-6-4-3-5-7-15/h3-7,10-11H,8-9,12H2,1-2H3/i2-1. The lowest BCUT2D eigenvalue weighted by molar-refractivity contribution is -0.119. The van der Waals surface area contributed by atoms with Gasteiger partial charge in [-0.25, -0.2) is 21.5 Å². The monoisotopic (exact) mass is 414 g/mol. The highest BCUT2D eigenvalue weighted by Crippen LogP contribution is 2.28. The number of carbonyl (C=O) groups excluding carboxylic acids is 1. The molecule has 0 radical (unpaired) electrons. The molecule has 2 rings (SSSR count). The Hall–Kier alpha value is -1.97. The molecule has 0 aromatic heterocycles. The molecular formula is C18H19F2NO4S2. The lowest BCUT2D eigenvalue weighted by Gasteiger charge is -2.17. The van der Waals surface area contributed by atoms with Gasteiger partial charge in [-0.1, -0.05) is 18.2 Å². The summed E-state index contributed by atoms with van der Waals surface area (Å²) in [6, 6.07) is 10.2. The van der Waals surface area contributed by atoms with E-state index in [2.05, 4.69) is 0 Å². The van der Waals surface area contributed by atoms with Crippen LogP contribution in [0.25, 0.3) is 0 Å². The molecule has 146 valence electrons. The van der Waals surface area contributed by atoms with E-state index in [-0.39, 0.29) is 17.2 Å². The smallest absolute Gasteiger partial charge is 0.242 e. The molecule has 2 aromatic carbocycles. The molecule has 0 spiro atoms. The van der Waals surface area contributed by atoms with Gasteiger partial charge in [0, 0.05) is 24.2 Å². The number of hydrogen-bond donors (Lipinski definition) is 0. The Bertz CT molecular complexity index is 882. The van der Waals surface area contributed by atoms with Crippen LogP contribution in [0, 0.1) is 11.6 Å². The lowest BCUT2D eigenvalue weighted by Crippen LogP contribution is -2.29. The van der Waals surface area contributed by atoms with Gasteiger partial charge >= 0.3 is 0 Å². The minimum atomic E-state index is -3.61. The molecule has 0 saturated heterocycles. The van der Waals surface area contributed by atoms with Gasteiger partial charge in [0.25, 0.3) is 0 Å². The van der Waals surface area contributed by atoms with Crippen molar-refractivity contribution in [2.45, 2.75) is 16.7 Å². The predicted molar refractivity (Wildman–Crippen MR) is 99.5 cm³/mol. The van der Waals surface area contributed by atoms with E-state index in [1.807, 2.05) is 0 Å². The molecule has 0 atom stereocenters. The molecule has 27 heavy (non-hydrogen) atoms. The molecule has 0 amide bonds. The molecule has 0 unspecified atom stereocenters. The van der Waals surface area contributed by atoms with Gasteiger partial charge < -0.3 is 4.74 Å². The maximum atomic E-state index is 14.0. The summed E-state index contributed by atoms with van der Waals surface area (Å²) in [7, 11) is -2.16. The molecular weight excluding hydrogens is 395 g/mol. The van der Waals surface area contributed by atoms with Gasteiger partial charge in [-0.2, -0.15) is 0 Å². The lowest BCUT2D eigenvalue weighted by atomic mass is 10.3. The average Bonchev–Trinajstić information content (AvgIpc) is 2.61. The summed E-state index contributed by atoms with van der Waals surface area (Å²) in [5.74, 6) is -2.48. The van der Waals surface area contributed by atoms with Crippen molar-refractivity contribution in [3.63, 3.8) is 0 Å². The largest absolute Gasteiger partial charge is 0.480 e. The number of thioether (sulfide) groups is 1. The van der Waals surface area contributed by atoms with Gasteiger partial charge in [-0.05, 0) is 31.2 Å². The zero-order valence-corrected chi connectivity index (χ0v) is 16.4. The van der Waals surface area contributed by atoms with Crippen LogP contribution >= 0.6 is 11.8 Å². The highest BCUT2D eigenvalue weighted by atomic mass is 32.2. The first-order valence-corrected chi connectivity index (χ1v) is 10.4. The van der Waals surface area contributed by atoms with Crippen LogP contribution in [0.5, 0.6) is 5.75 Å². The van der Waals surface area contributed by atoms with Crippen LogP contribution in [0.1, 0.15) is 6.92 Å². The summed E-state index contributed by atoms with van der Waals surface area (Å²) in [6.45, 7) is 0.996. The van der Waals surface area contributed by atoms with Crippen molar-refractivity contribution in [1.29, 1.82) is 0 Å². The van der Waals surface area contributed by atoms with Gasteiger partial charge in [0.15, 0.2) is 23.2 Å². The minimum absolute atomic E-state index is 0.160. The van der Waals surface area contributed by atoms with Crippen molar-refractivity contribution in [2.75, 3.05) is 26.0 Å². The van der Waals surface area contributed by atoms with Crippen LogP contribution < -0.4 is 4.74 Å². The maximum Gasteiger partial charge on any atom is 0.242 e. The summed E-state index contributed by atoms with van der Waals surface area (Å²) >= 11 is 1.11. The van der Waals surface area contributed by atoms with E-state index < -0.39 is 34.0 Å². The second kappa shape index (κ2) is 9.29. The number of carbonyl (C=O) groups is 1. The summed E-state index contributed by atoms with van der Waals surface area (Å²) in [5.41, 5.74) is 0. The van der Waals surface area contributed by atoms with E-state index >= 15 is 0 Å². The van der Waals surface area contributed by atoms with Gasteiger partial charge in [0.2, 0.25) is 10.0 Å². The van der Waals surface area contributed by atoms with Crippen molar-refractivity contribution in [2.24, 2.45) is 0 Å². The Morgan fingerprint density at radius 2 is 1.74 bits per heavy atom. The average molecular weight is 414 g/mol. The number of halogens is 2. The van der Waals surface area contributed by atoms with Crippen molar-refractivity contribution in [3.8, 4) is 5.75 Å². The quantitative estimate of drug-likeness (QED) is 0.589. The number of ether oxygens (including phenoxy) is 1. The number of rotatable bonds is 9. The highest BCUT2D eigenvalue weighted by Gasteiger charge is 2.20. The Morgan fingerprint density at radius 1 is 1.15 bits per heavy atom. The fourth-order valence-electron chi connectivity index (χ4n) is 2.12. The number of Topliss-reactive ketones (excluding diaryl/α,β-unsaturated/α-hetero) is 1. The number of ketones is 1. The van der Waals surface area contributed by atoms with E-state index in [0.717, 1.165) is 23.9 Å². The summed E-state index contributed by atoms with van der Waals surface area (Å²) in [5, 5.41) is 0. The normalized spacial score (nSPS) is 11.6. The summed E-state index contributed by atoms with van der Waals surface area (Å²) < 4.78 is 58.7. The first-order chi connectivity index (χ1) is 12.7. The van der Waals surface area contributed by atoms with E-state index in [0.29, 0.717) is 10.6 Å². The first kappa shape index (κ1) is 21.3. The Morgan fingerprint density at radius 3 is 2.30 bits per heavy atom. The third-order valence-electron chi connectivity index (χ3n) is 3.52. The third-order valence-corrected chi connectivity index (χ3v) is 6.34. The third kappa shape index (κ3) is 5.75. The molecule has 0 N–H and O–H groups in total. The molecule has 2 aromatic rings. The van der Waals surface area contributed by atoms with Crippen molar-refractivity contribution in [1.82, 2.24) is 4.31 Å². The predicted octanol–water partition coefficient (Wildman–Crippen LogP) is 3.35. The van der Waals surface area contributed by atoms with E-state index in [9.17, 15) is 22.0 Å². The van der Waals surface area contributed by atoms with Crippen molar-refractivity contribution >= 4 is 27.6 Å². The van der Waals surface area contributed by atoms with Crippen LogP contribution in [0.2, 0.25) is 0 Å². The second-order valence-corrected chi connectivity index (χ2v) is 8.91. The topological polar surface area (TPSA) is 63.7 Å². The van der Waals surface area contributed by atoms with Crippen molar-refractivity contribution in [3.05, 3.63) is 54.1 Å². The zero-order chi connectivity index (χ0) is 20.0. The molecule has 0 bridgehead atoms. The zero-order valence-electron chi connectivity index (χ0n) is 14.8. The molecule has 5 nitrogen and oxygen atoms in total. The van der Waals surface area contributed by atoms with Crippen LogP contribution in [0.4, 0.5) is 8.78 Å². The minimum Gasteiger partial charge on any atom is -0.480 e. The maximum absolute atomic E-state index is 14.0. The molecule has 0 saturated carbocycles. The Balaban J connectivity index is 1.98. The molecule has 0 aliphatic heterocycles. The number of benzene rings is 2. The number of nitrogens with zero attached hydrogens (tertiary/aromatic N) is 1. The summed E-state index contributed by atoms with van der Waals surface area (Å²) in [6.07, 6.45) is 0. The molecule has 0 heterocycles. The van der Waals surface area contributed by atoms with Crippen LogP contribution in [0.15, 0.2) is 52.3 Å². The first-order valence-electron chi connectivity index (χ1n) is 7.97. The molecule has 9 heteroatoms. The summed E-state index contributed by atoms with van der Waals surface area (Å²) in [4.78, 5) is 11.3. The van der Waals surface area contributed by atoms with Crippen LogP contribution in [-0.4, -0.2) is 44.5 Å². The van der Waals surface area contributed by atoms with Crippen LogP contribution in [0.3, 0.4) is 0 Å². The van der Waals surface area contributed by atoms with Gasteiger partial charge in [-0.15, -0.1) is 11.8 Å². The van der Waals surface area contributed by atoms with Crippen molar-refractivity contribution < 1.29 is 26.7 Å².